The van der Waals surface area contributed by atoms with Gasteiger partial charge in [-0.1, -0.05) is 42.1 Å². The Labute approximate surface area is 195 Å². The molecule has 4 rings (SSSR count). The summed E-state index contributed by atoms with van der Waals surface area (Å²) >= 11 is 2.99. The highest BCUT2D eigenvalue weighted by molar-refractivity contribution is 8.00. The molecule has 1 unspecified atom stereocenters. The van der Waals surface area contributed by atoms with Crippen LogP contribution in [-0.4, -0.2) is 27.3 Å². The number of nitrogens with zero attached hydrogens (tertiary/aromatic N) is 2. The van der Waals surface area contributed by atoms with E-state index < -0.39 is 5.25 Å². The number of rotatable bonds is 7. The van der Waals surface area contributed by atoms with E-state index in [9.17, 15) is 9.59 Å². The number of thioether (sulfide) groups is 1. The highest BCUT2D eigenvalue weighted by Gasteiger charge is 2.21. The third-order valence-electron chi connectivity index (χ3n) is 5.46. The molecule has 1 atom stereocenters. The Hall–Kier alpha value is -2.90. The molecule has 4 aromatic rings. The smallest absolute Gasteiger partial charge is 0.266 e. The largest absolute Gasteiger partial charge is 0.355 e. The van der Waals surface area contributed by atoms with E-state index in [0.29, 0.717) is 22.6 Å². The molecule has 0 aliphatic carbocycles. The maximum Gasteiger partial charge on any atom is 0.266 e. The monoisotopic (exact) mass is 463 g/mol. The maximum atomic E-state index is 13.5. The van der Waals surface area contributed by atoms with Gasteiger partial charge in [-0.25, -0.2) is 4.98 Å². The van der Waals surface area contributed by atoms with E-state index >= 15 is 0 Å². The summed E-state index contributed by atoms with van der Waals surface area (Å²) in [5, 5.41) is 5.72. The Bertz CT molecular complexity index is 1310. The zero-order valence-electron chi connectivity index (χ0n) is 18.3. The number of thiophene rings is 1. The lowest BCUT2D eigenvalue weighted by Crippen LogP contribution is -2.33. The molecule has 5 nitrogen and oxygen atoms in total. The van der Waals surface area contributed by atoms with Gasteiger partial charge in [0.25, 0.3) is 5.56 Å². The van der Waals surface area contributed by atoms with Crippen LogP contribution in [-0.2, 0) is 11.2 Å². The first-order valence-electron chi connectivity index (χ1n) is 10.5. The fourth-order valence-corrected chi connectivity index (χ4v) is 5.15. The summed E-state index contributed by atoms with van der Waals surface area (Å²) in [6.45, 7) is 6.45. The fraction of sp³-hybridized carbons (Fsp3) is 0.240. The maximum absolute atomic E-state index is 13.5. The van der Waals surface area contributed by atoms with Crippen LogP contribution < -0.4 is 10.9 Å². The predicted octanol–water partition coefficient (Wildman–Crippen LogP) is 4.90. The average molecular weight is 464 g/mol. The van der Waals surface area contributed by atoms with E-state index in [1.165, 1.54) is 16.6 Å². The van der Waals surface area contributed by atoms with Crippen LogP contribution in [0.5, 0.6) is 0 Å². The molecule has 2 aromatic heterocycles. The van der Waals surface area contributed by atoms with Crippen LogP contribution in [0.1, 0.15) is 22.9 Å². The Morgan fingerprint density at radius 2 is 1.94 bits per heavy atom. The van der Waals surface area contributed by atoms with E-state index in [4.69, 9.17) is 4.98 Å². The van der Waals surface area contributed by atoms with Crippen molar-refractivity contribution in [2.45, 2.75) is 37.6 Å². The molecule has 1 amide bonds. The molecule has 0 saturated heterocycles. The second-order valence-corrected chi connectivity index (χ2v) is 9.99. The number of fused-ring (bicyclic) bond motifs is 1. The Balaban J connectivity index is 1.65. The zero-order chi connectivity index (χ0) is 22.7. The van der Waals surface area contributed by atoms with Gasteiger partial charge in [-0.15, -0.1) is 11.3 Å². The number of aryl methyl sites for hydroxylation is 1. The standard InChI is InChI=1S/C25H25N3O2S2/c1-16-8-6-12-22(17(16)2)28-24(30)20-10-4-5-11-21(20)27-25(28)32-18(3)23(29)26-14-13-19-9-7-15-31-19/h4-12,15,18H,13-14H2,1-3H3,(H,26,29). The van der Waals surface area contributed by atoms with E-state index in [0.717, 1.165) is 23.2 Å². The molecule has 0 fully saturated rings. The van der Waals surface area contributed by atoms with Crippen molar-refractivity contribution >= 4 is 39.9 Å². The summed E-state index contributed by atoms with van der Waals surface area (Å²) in [4.78, 5) is 32.2. The molecule has 0 bridgehead atoms. The lowest BCUT2D eigenvalue weighted by Gasteiger charge is -2.18. The summed E-state index contributed by atoms with van der Waals surface area (Å²) in [5.41, 5.74) is 3.41. The fourth-order valence-electron chi connectivity index (χ4n) is 3.50. The first kappa shape index (κ1) is 22.3. The molecule has 2 aromatic carbocycles. The Morgan fingerprint density at radius 3 is 2.72 bits per heavy atom. The van der Waals surface area contributed by atoms with Crippen molar-refractivity contribution < 1.29 is 4.79 Å². The molecule has 2 heterocycles. The molecule has 0 radical (unpaired) electrons. The minimum Gasteiger partial charge on any atom is -0.355 e. The number of hydrogen-bond donors (Lipinski definition) is 1. The Kier molecular flexibility index (Phi) is 6.77. The Morgan fingerprint density at radius 1 is 1.12 bits per heavy atom. The number of benzene rings is 2. The quantitative estimate of drug-likeness (QED) is 0.313. The summed E-state index contributed by atoms with van der Waals surface area (Å²) < 4.78 is 1.64. The number of aromatic nitrogens is 2. The van der Waals surface area contributed by atoms with Crippen LogP contribution >= 0.6 is 23.1 Å². The first-order valence-corrected chi connectivity index (χ1v) is 12.3. The van der Waals surface area contributed by atoms with Gasteiger partial charge in [0, 0.05) is 11.4 Å². The number of amides is 1. The molecule has 0 aliphatic heterocycles. The number of para-hydroxylation sites is 1. The molecular weight excluding hydrogens is 438 g/mol. The van der Waals surface area contributed by atoms with Crippen LogP contribution in [0, 0.1) is 13.8 Å². The van der Waals surface area contributed by atoms with Crippen molar-refractivity contribution in [1.82, 2.24) is 14.9 Å². The molecular formula is C25H25N3O2S2. The van der Waals surface area contributed by atoms with Crippen molar-refractivity contribution in [3.8, 4) is 5.69 Å². The van der Waals surface area contributed by atoms with Crippen molar-refractivity contribution in [3.63, 3.8) is 0 Å². The van der Waals surface area contributed by atoms with Crippen molar-refractivity contribution in [2.75, 3.05) is 6.54 Å². The third kappa shape index (κ3) is 4.64. The second kappa shape index (κ2) is 9.71. The number of carbonyl (C=O) groups is 1. The van der Waals surface area contributed by atoms with Gasteiger partial charge in [-0.2, -0.15) is 0 Å². The normalized spacial score (nSPS) is 12.1. The molecule has 1 N–H and O–H groups in total. The van der Waals surface area contributed by atoms with E-state index in [1.54, 1.807) is 22.0 Å². The van der Waals surface area contributed by atoms with Crippen LogP contribution in [0.3, 0.4) is 0 Å². The predicted molar refractivity (Wildman–Crippen MR) is 133 cm³/mol. The van der Waals surface area contributed by atoms with E-state index in [-0.39, 0.29) is 11.5 Å². The van der Waals surface area contributed by atoms with Gasteiger partial charge < -0.3 is 5.32 Å². The van der Waals surface area contributed by atoms with Gasteiger partial charge in [0.1, 0.15) is 0 Å². The van der Waals surface area contributed by atoms with Crippen LogP contribution in [0.15, 0.2) is 69.9 Å². The highest BCUT2D eigenvalue weighted by Crippen LogP contribution is 2.27. The number of nitrogens with one attached hydrogen (secondary N) is 1. The minimum absolute atomic E-state index is 0.0681. The van der Waals surface area contributed by atoms with Gasteiger partial charge >= 0.3 is 0 Å². The molecule has 0 saturated carbocycles. The molecule has 0 aliphatic rings. The summed E-state index contributed by atoms with van der Waals surface area (Å²) in [7, 11) is 0. The van der Waals surface area contributed by atoms with Crippen LogP contribution in [0.2, 0.25) is 0 Å². The molecule has 32 heavy (non-hydrogen) atoms. The summed E-state index contributed by atoms with van der Waals surface area (Å²) in [6, 6.07) is 17.3. The van der Waals surface area contributed by atoms with Gasteiger partial charge in [-0.05, 0) is 68.0 Å². The van der Waals surface area contributed by atoms with Crippen molar-refractivity contribution in [3.05, 3.63) is 86.3 Å². The summed E-state index contributed by atoms with van der Waals surface area (Å²) in [5.74, 6) is -0.0681. The lowest BCUT2D eigenvalue weighted by molar-refractivity contribution is -0.120. The van der Waals surface area contributed by atoms with Crippen LogP contribution in [0.4, 0.5) is 0 Å². The molecule has 164 valence electrons. The zero-order valence-corrected chi connectivity index (χ0v) is 19.9. The highest BCUT2D eigenvalue weighted by atomic mass is 32.2. The van der Waals surface area contributed by atoms with Crippen LogP contribution in [0.25, 0.3) is 16.6 Å². The van der Waals surface area contributed by atoms with Gasteiger partial charge in [0.2, 0.25) is 5.91 Å². The topological polar surface area (TPSA) is 64.0 Å². The van der Waals surface area contributed by atoms with Gasteiger partial charge in [0.15, 0.2) is 5.16 Å². The van der Waals surface area contributed by atoms with Gasteiger partial charge in [-0.3, -0.25) is 14.2 Å². The second-order valence-electron chi connectivity index (χ2n) is 7.65. The van der Waals surface area contributed by atoms with E-state index in [2.05, 4.69) is 11.4 Å². The van der Waals surface area contributed by atoms with Crippen molar-refractivity contribution in [2.24, 2.45) is 0 Å². The van der Waals surface area contributed by atoms with E-state index in [1.807, 2.05) is 68.6 Å². The average Bonchev–Trinajstić information content (AvgIpc) is 3.30. The summed E-state index contributed by atoms with van der Waals surface area (Å²) in [6.07, 6.45) is 0.808. The lowest BCUT2D eigenvalue weighted by atomic mass is 10.1. The molecule has 7 heteroatoms. The van der Waals surface area contributed by atoms with Gasteiger partial charge in [0.05, 0.1) is 21.8 Å². The number of carbonyl (C=O) groups excluding carboxylic acids is 1. The SMILES string of the molecule is Cc1cccc(-n2c(SC(C)C(=O)NCCc3cccs3)nc3ccccc3c2=O)c1C. The van der Waals surface area contributed by atoms with Crippen molar-refractivity contribution in [1.29, 1.82) is 0 Å². The first-order chi connectivity index (χ1) is 15.5. The molecule has 0 spiro atoms. The number of hydrogen-bond acceptors (Lipinski definition) is 5. The third-order valence-corrected chi connectivity index (χ3v) is 7.45. The minimum atomic E-state index is -0.400.